The minimum absolute atomic E-state index is 0.537. The average molecular weight is 296 g/mol. The first-order valence-electron chi connectivity index (χ1n) is 6.91. The summed E-state index contributed by atoms with van der Waals surface area (Å²) in [5.41, 5.74) is 8.70. The predicted octanol–water partition coefficient (Wildman–Crippen LogP) is 2.59. The Kier molecular flexibility index (Phi) is 5.41. The molecule has 0 spiro atoms. The van der Waals surface area contributed by atoms with Gasteiger partial charge in [-0.3, -0.25) is 0 Å². The Labute approximate surface area is 130 Å². The maximum atomic E-state index is 5.86. The van der Waals surface area contributed by atoms with Crippen LogP contribution in [0.2, 0.25) is 0 Å². The highest BCUT2D eigenvalue weighted by Crippen LogP contribution is 2.20. The molecular weight excluding hydrogens is 276 g/mol. The van der Waals surface area contributed by atoms with E-state index >= 15 is 0 Å². The number of nitrogens with zero attached hydrogens (tertiary/aromatic N) is 3. The number of rotatable bonds is 2. The van der Waals surface area contributed by atoms with Gasteiger partial charge in [-0.15, -0.1) is 0 Å². The van der Waals surface area contributed by atoms with Crippen molar-refractivity contribution in [1.29, 1.82) is 0 Å². The van der Waals surface area contributed by atoms with E-state index in [1.807, 2.05) is 68.7 Å². The SMILES string of the molecule is CON(C)C.NC1=NC(=Nc2ccccc2)c2ccccc21. The summed E-state index contributed by atoms with van der Waals surface area (Å²) in [6.07, 6.45) is 0. The van der Waals surface area contributed by atoms with Gasteiger partial charge in [-0.25, -0.2) is 9.98 Å². The molecule has 0 unspecified atom stereocenters. The number of fused-ring (bicyclic) bond motifs is 1. The summed E-state index contributed by atoms with van der Waals surface area (Å²) in [6.45, 7) is 0. The first-order valence-corrected chi connectivity index (χ1v) is 6.91. The second-order valence-electron chi connectivity index (χ2n) is 4.81. The molecule has 0 fully saturated rings. The van der Waals surface area contributed by atoms with Gasteiger partial charge in [0.15, 0.2) is 5.84 Å². The largest absolute Gasteiger partial charge is 0.383 e. The van der Waals surface area contributed by atoms with E-state index in [0.717, 1.165) is 16.8 Å². The quantitative estimate of drug-likeness (QED) is 0.866. The summed E-state index contributed by atoms with van der Waals surface area (Å²) in [5, 5.41) is 1.62. The second-order valence-corrected chi connectivity index (χ2v) is 4.81. The van der Waals surface area contributed by atoms with Crippen LogP contribution < -0.4 is 5.73 Å². The van der Waals surface area contributed by atoms with Crippen LogP contribution in [-0.2, 0) is 4.84 Å². The molecule has 0 aliphatic carbocycles. The fourth-order valence-corrected chi connectivity index (χ4v) is 1.85. The molecule has 1 aliphatic heterocycles. The number of hydrogen-bond donors (Lipinski definition) is 1. The summed E-state index contributed by atoms with van der Waals surface area (Å²) >= 11 is 0. The van der Waals surface area contributed by atoms with Gasteiger partial charge in [0.2, 0.25) is 0 Å². The van der Waals surface area contributed by atoms with Crippen LogP contribution in [0.1, 0.15) is 11.1 Å². The molecule has 0 atom stereocenters. The van der Waals surface area contributed by atoms with Gasteiger partial charge >= 0.3 is 0 Å². The van der Waals surface area contributed by atoms with E-state index < -0.39 is 0 Å². The summed E-state index contributed by atoms with van der Waals surface area (Å²) in [6, 6.07) is 17.6. The van der Waals surface area contributed by atoms with Gasteiger partial charge in [0.25, 0.3) is 0 Å². The second kappa shape index (κ2) is 7.49. The number of amidine groups is 2. The van der Waals surface area contributed by atoms with E-state index in [1.54, 1.807) is 12.2 Å². The maximum Gasteiger partial charge on any atom is 0.162 e. The summed E-state index contributed by atoms with van der Waals surface area (Å²) in [5.74, 6) is 1.22. The fourth-order valence-electron chi connectivity index (χ4n) is 1.85. The molecule has 2 aromatic carbocycles. The number of hydroxylamine groups is 2. The normalized spacial score (nSPS) is 14.4. The van der Waals surface area contributed by atoms with E-state index in [4.69, 9.17) is 5.73 Å². The van der Waals surface area contributed by atoms with E-state index in [2.05, 4.69) is 14.8 Å². The number of hydrogen-bond acceptors (Lipinski definition) is 4. The first kappa shape index (κ1) is 15.9. The lowest BCUT2D eigenvalue weighted by Crippen LogP contribution is -2.09. The Morgan fingerprint density at radius 3 is 2.09 bits per heavy atom. The molecule has 1 heterocycles. The van der Waals surface area contributed by atoms with Crippen molar-refractivity contribution in [3.05, 3.63) is 65.7 Å². The molecule has 0 saturated heterocycles. The third kappa shape index (κ3) is 4.00. The third-order valence-electron chi connectivity index (χ3n) is 3.03. The van der Waals surface area contributed by atoms with Crippen molar-refractivity contribution in [2.45, 2.75) is 0 Å². The van der Waals surface area contributed by atoms with Crippen LogP contribution in [0.5, 0.6) is 0 Å². The molecule has 0 saturated carbocycles. The Bertz CT molecular complexity index is 678. The van der Waals surface area contributed by atoms with Gasteiger partial charge in [-0.1, -0.05) is 42.5 Å². The molecule has 22 heavy (non-hydrogen) atoms. The van der Waals surface area contributed by atoms with Crippen molar-refractivity contribution in [3.63, 3.8) is 0 Å². The highest BCUT2D eigenvalue weighted by atomic mass is 16.7. The number of nitrogens with two attached hydrogens (primary N) is 1. The minimum Gasteiger partial charge on any atom is -0.383 e. The zero-order valence-electron chi connectivity index (χ0n) is 13.0. The van der Waals surface area contributed by atoms with E-state index in [1.165, 1.54) is 0 Å². The lowest BCUT2D eigenvalue weighted by molar-refractivity contribution is -0.0855. The highest BCUT2D eigenvalue weighted by molar-refractivity contribution is 6.22. The van der Waals surface area contributed by atoms with Crippen molar-refractivity contribution in [2.24, 2.45) is 15.7 Å². The Morgan fingerprint density at radius 1 is 0.955 bits per heavy atom. The molecule has 2 aromatic rings. The van der Waals surface area contributed by atoms with E-state index in [9.17, 15) is 0 Å². The molecule has 3 rings (SSSR count). The average Bonchev–Trinajstić information content (AvgIpc) is 2.86. The fraction of sp³-hybridized carbons (Fsp3) is 0.176. The molecule has 114 valence electrons. The van der Waals surface area contributed by atoms with Gasteiger partial charge in [-0.2, -0.15) is 5.06 Å². The lowest BCUT2D eigenvalue weighted by atomic mass is 10.1. The summed E-state index contributed by atoms with van der Waals surface area (Å²) in [7, 11) is 5.29. The van der Waals surface area contributed by atoms with Crippen molar-refractivity contribution < 1.29 is 4.84 Å². The number of benzene rings is 2. The molecule has 0 amide bonds. The van der Waals surface area contributed by atoms with Gasteiger partial charge in [0, 0.05) is 25.2 Å². The molecule has 1 aliphatic rings. The monoisotopic (exact) mass is 296 g/mol. The summed E-state index contributed by atoms with van der Waals surface area (Å²) < 4.78 is 0. The van der Waals surface area contributed by atoms with Crippen LogP contribution in [0.4, 0.5) is 5.69 Å². The van der Waals surface area contributed by atoms with Gasteiger partial charge < -0.3 is 10.6 Å². The van der Waals surface area contributed by atoms with E-state index in [0.29, 0.717) is 11.7 Å². The zero-order chi connectivity index (χ0) is 15.9. The smallest absolute Gasteiger partial charge is 0.162 e. The predicted molar refractivity (Wildman–Crippen MR) is 90.5 cm³/mol. The van der Waals surface area contributed by atoms with Crippen LogP contribution in [0, 0.1) is 0 Å². The molecule has 5 heteroatoms. The standard InChI is InChI=1S/C14H11N3.C3H9NO/c15-13-11-8-4-5-9-12(11)14(17-13)16-10-6-2-1-3-7-10;1-4(2)5-3/h1-9H,(H2,15,16,17);1-3H3. The molecule has 5 nitrogen and oxygen atoms in total. The molecular formula is C17H20N4O. The maximum absolute atomic E-state index is 5.86. The van der Waals surface area contributed by atoms with Crippen molar-refractivity contribution in [3.8, 4) is 0 Å². The van der Waals surface area contributed by atoms with Crippen molar-refractivity contribution in [2.75, 3.05) is 21.2 Å². The topological polar surface area (TPSA) is 63.2 Å². The summed E-state index contributed by atoms with van der Waals surface area (Å²) in [4.78, 5) is 13.4. The van der Waals surface area contributed by atoms with Crippen LogP contribution in [-0.4, -0.2) is 37.9 Å². The number of para-hydroxylation sites is 1. The Hall–Kier alpha value is -2.50. The van der Waals surface area contributed by atoms with Crippen LogP contribution >= 0.6 is 0 Å². The minimum atomic E-state index is 0.537. The molecule has 0 radical (unpaired) electrons. The Balaban J connectivity index is 0.000000309. The van der Waals surface area contributed by atoms with Gasteiger partial charge in [-0.05, 0) is 12.1 Å². The van der Waals surface area contributed by atoms with Crippen molar-refractivity contribution in [1.82, 2.24) is 5.06 Å². The lowest BCUT2D eigenvalue weighted by Gasteiger charge is -2.01. The Morgan fingerprint density at radius 2 is 1.50 bits per heavy atom. The molecule has 0 aromatic heterocycles. The zero-order valence-corrected chi connectivity index (χ0v) is 13.0. The van der Waals surface area contributed by atoms with Crippen LogP contribution in [0.15, 0.2) is 64.6 Å². The van der Waals surface area contributed by atoms with Crippen LogP contribution in [0.25, 0.3) is 0 Å². The third-order valence-corrected chi connectivity index (χ3v) is 3.03. The van der Waals surface area contributed by atoms with Gasteiger partial charge in [0.1, 0.15) is 5.84 Å². The van der Waals surface area contributed by atoms with E-state index in [-0.39, 0.29) is 0 Å². The number of aliphatic imine (C=N–C) groups is 2. The first-order chi connectivity index (χ1) is 10.6. The van der Waals surface area contributed by atoms with Crippen molar-refractivity contribution >= 4 is 17.4 Å². The highest BCUT2D eigenvalue weighted by Gasteiger charge is 2.18. The molecule has 2 N–H and O–H groups in total. The van der Waals surface area contributed by atoms with Crippen LogP contribution in [0.3, 0.4) is 0 Å². The van der Waals surface area contributed by atoms with Gasteiger partial charge in [0.05, 0.1) is 12.8 Å². The molecule has 0 bridgehead atoms.